The zero-order chi connectivity index (χ0) is 30.9. The van der Waals surface area contributed by atoms with Gasteiger partial charge in [0.25, 0.3) is 0 Å². The van der Waals surface area contributed by atoms with Crippen LogP contribution in [0.1, 0.15) is 0 Å². The highest BCUT2D eigenvalue weighted by molar-refractivity contribution is 7.26. The summed E-state index contributed by atoms with van der Waals surface area (Å²) in [5, 5.41) is 9.62. The van der Waals surface area contributed by atoms with Crippen LogP contribution in [0.4, 0.5) is 17.1 Å². The Morgan fingerprint density at radius 3 is 1.85 bits per heavy atom. The number of thiophene rings is 1. The number of hydrogen-bond acceptors (Lipinski definition) is 3. The summed E-state index contributed by atoms with van der Waals surface area (Å²) in [6.45, 7) is 0. The molecule has 0 amide bonds. The number of benzene rings is 8. The third kappa shape index (κ3) is 3.97. The second kappa shape index (κ2) is 10.3. The Kier molecular flexibility index (Phi) is 5.78. The zero-order valence-corrected chi connectivity index (χ0v) is 26.2. The van der Waals surface area contributed by atoms with Gasteiger partial charge in [0.2, 0.25) is 0 Å². The molecule has 0 aliphatic carbocycles. The first-order valence-electron chi connectivity index (χ1n) is 15.9. The van der Waals surface area contributed by atoms with Crippen LogP contribution in [0.3, 0.4) is 0 Å². The van der Waals surface area contributed by atoms with E-state index in [1.165, 1.54) is 36.3 Å². The first kappa shape index (κ1) is 26.3. The summed E-state index contributed by atoms with van der Waals surface area (Å²) in [6.07, 6.45) is 0. The van der Waals surface area contributed by atoms with Crippen molar-refractivity contribution in [2.45, 2.75) is 0 Å². The van der Waals surface area contributed by atoms with Gasteiger partial charge in [-0.05, 0) is 58.1 Å². The minimum atomic E-state index is 0.886. The molecule has 2 aromatic heterocycles. The molecule has 0 aliphatic heterocycles. The average molecular weight is 618 g/mol. The molecule has 0 saturated carbocycles. The fraction of sp³-hybridized carbons (Fsp3) is 0. The summed E-state index contributed by atoms with van der Waals surface area (Å²) >= 11 is 1.86. The van der Waals surface area contributed by atoms with Gasteiger partial charge in [0.05, 0.1) is 16.1 Å². The van der Waals surface area contributed by atoms with E-state index in [0.717, 1.165) is 55.5 Å². The Labute approximate surface area is 275 Å². The van der Waals surface area contributed by atoms with Gasteiger partial charge in [-0.2, -0.15) is 0 Å². The van der Waals surface area contributed by atoms with Crippen molar-refractivity contribution < 1.29 is 4.42 Å². The summed E-state index contributed by atoms with van der Waals surface area (Å²) in [6, 6.07) is 58.8. The molecule has 0 atom stereocenters. The van der Waals surface area contributed by atoms with Gasteiger partial charge in [0.15, 0.2) is 0 Å². The molecular weight excluding hydrogens is 591 g/mol. The van der Waals surface area contributed by atoms with Crippen molar-refractivity contribution in [1.82, 2.24) is 0 Å². The van der Waals surface area contributed by atoms with Crippen LogP contribution in [-0.2, 0) is 0 Å². The molecule has 3 heteroatoms. The second-order valence-corrected chi connectivity index (χ2v) is 13.1. The Bertz CT molecular complexity index is 2790. The molecular formula is C44H27NOS. The Balaban J connectivity index is 1.37. The van der Waals surface area contributed by atoms with Gasteiger partial charge in [0, 0.05) is 42.9 Å². The second-order valence-electron chi connectivity index (χ2n) is 12.1. The summed E-state index contributed by atoms with van der Waals surface area (Å²) in [5.74, 6) is 0. The molecule has 0 unspecified atom stereocenters. The maximum atomic E-state index is 6.88. The van der Waals surface area contributed by atoms with Crippen molar-refractivity contribution in [2.24, 2.45) is 0 Å². The largest absolute Gasteiger partial charge is 0.455 e. The lowest BCUT2D eigenvalue weighted by atomic mass is 9.95. The monoisotopic (exact) mass is 617 g/mol. The quantitative estimate of drug-likeness (QED) is 0.183. The van der Waals surface area contributed by atoms with Crippen LogP contribution in [-0.4, -0.2) is 0 Å². The lowest BCUT2D eigenvalue weighted by Gasteiger charge is -2.28. The summed E-state index contributed by atoms with van der Waals surface area (Å²) in [5.41, 5.74) is 7.46. The average Bonchev–Trinajstić information content (AvgIpc) is 3.72. The molecule has 2 nitrogen and oxygen atoms in total. The van der Waals surface area contributed by atoms with Gasteiger partial charge >= 0.3 is 0 Å². The van der Waals surface area contributed by atoms with E-state index in [4.69, 9.17) is 4.42 Å². The maximum Gasteiger partial charge on any atom is 0.143 e. The zero-order valence-electron chi connectivity index (χ0n) is 25.4. The number of nitrogens with zero attached hydrogens (tertiary/aromatic N) is 1. The molecule has 47 heavy (non-hydrogen) atoms. The lowest BCUT2D eigenvalue weighted by Crippen LogP contribution is -2.11. The van der Waals surface area contributed by atoms with E-state index in [1.807, 2.05) is 11.3 Å². The van der Waals surface area contributed by atoms with Gasteiger partial charge in [-0.15, -0.1) is 11.3 Å². The molecule has 0 spiro atoms. The molecule has 0 aliphatic rings. The third-order valence-corrected chi connectivity index (χ3v) is 10.6. The smallest absolute Gasteiger partial charge is 0.143 e. The summed E-state index contributed by atoms with van der Waals surface area (Å²) in [4.78, 5) is 2.45. The number of rotatable bonds is 4. The van der Waals surface area contributed by atoms with E-state index in [1.54, 1.807) is 0 Å². The molecule has 0 N–H and O–H groups in total. The van der Waals surface area contributed by atoms with Gasteiger partial charge in [-0.3, -0.25) is 0 Å². The highest BCUT2D eigenvalue weighted by Crippen LogP contribution is 2.50. The Morgan fingerprint density at radius 2 is 1.06 bits per heavy atom. The van der Waals surface area contributed by atoms with Gasteiger partial charge in [0.1, 0.15) is 11.2 Å². The van der Waals surface area contributed by atoms with Crippen molar-refractivity contribution in [3.8, 4) is 11.1 Å². The molecule has 10 rings (SSSR count). The first-order valence-corrected chi connectivity index (χ1v) is 16.8. The predicted octanol–water partition coefficient (Wildman–Crippen LogP) is 13.4. The first-order chi connectivity index (χ1) is 23.3. The number of hydrogen-bond donors (Lipinski definition) is 0. The fourth-order valence-electron chi connectivity index (χ4n) is 7.37. The fourth-order valence-corrected chi connectivity index (χ4v) is 8.57. The van der Waals surface area contributed by atoms with Crippen LogP contribution in [0.25, 0.3) is 74.8 Å². The van der Waals surface area contributed by atoms with Crippen molar-refractivity contribution in [3.05, 3.63) is 164 Å². The van der Waals surface area contributed by atoms with E-state index >= 15 is 0 Å². The number of fused-ring (bicyclic) bond motifs is 11. The molecule has 2 heterocycles. The minimum Gasteiger partial charge on any atom is -0.455 e. The Morgan fingerprint density at radius 1 is 0.447 bits per heavy atom. The lowest BCUT2D eigenvalue weighted by molar-refractivity contribution is 0.673. The van der Waals surface area contributed by atoms with Crippen molar-refractivity contribution in [2.75, 3.05) is 4.90 Å². The van der Waals surface area contributed by atoms with E-state index in [0.29, 0.717) is 0 Å². The number of furan rings is 1. The third-order valence-electron chi connectivity index (χ3n) is 9.43. The Hall–Kier alpha value is -5.90. The van der Waals surface area contributed by atoms with Crippen molar-refractivity contribution >= 4 is 92.1 Å². The molecule has 0 saturated heterocycles. The predicted molar refractivity (Wildman–Crippen MR) is 202 cm³/mol. The standard InChI is InChI=1S/C44H27NOS/c1-3-14-28(15-4-1)36-27-40-37(42-33-21-9-7-18-30(33)31-19-8-10-22-34(31)43(42)46-40)26-39(36)45(29-16-5-2-6-17-29)38-24-13-23-35-32-20-11-12-25-41(32)47-44(35)38/h1-27H. The van der Waals surface area contributed by atoms with Crippen LogP contribution >= 0.6 is 11.3 Å². The topological polar surface area (TPSA) is 16.4 Å². The van der Waals surface area contributed by atoms with Gasteiger partial charge < -0.3 is 9.32 Å². The molecule has 0 radical (unpaired) electrons. The SMILES string of the molecule is c1ccc(-c2cc3oc4c5ccccc5c5ccccc5c4c3cc2N(c2ccccc2)c2cccc3c2sc2ccccc23)cc1. The van der Waals surface area contributed by atoms with E-state index in [-0.39, 0.29) is 0 Å². The van der Waals surface area contributed by atoms with Crippen molar-refractivity contribution in [1.29, 1.82) is 0 Å². The molecule has 0 fully saturated rings. The van der Waals surface area contributed by atoms with Crippen molar-refractivity contribution in [3.63, 3.8) is 0 Å². The normalized spacial score (nSPS) is 11.8. The molecule has 220 valence electrons. The highest BCUT2D eigenvalue weighted by Gasteiger charge is 2.24. The van der Waals surface area contributed by atoms with Crippen LogP contribution in [0.15, 0.2) is 168 Å². The van der Waals surface area contributed by atoms with E-state index in [2.05, 4.69) is 169 Å². The number of para-hydroxylation sites is 1. The van der Waals surface area contributed by atoms with E-state index in [9.17, 15) is 0 Å². The number of anilines is 3. The molecule has 10 aromatic rings. The maximum absolute atomic E-state index is 6.88. The van der Waals surface area contributed by atoms with Crippen LogP contribution in [0, 0.1) is 0 Å². The van der Waals surface area contributed by atoms with Crippen LogP contribution in [0.5, 0.6) is 0 Å². The molecule has 8 aromatic carbocycles. The van der Waals surface area contributed by atoms with E-state index < -0.39 is 0 Å². The van der Waals surface area contributed by atoms with Crippen LogP contribution in [0.2, 0.25) is 0 Å². The molecule has 0 bridgehead atoms. The van der Waals surface area contributed by atoms with Crippen LogP contribution < -0.4 is 4.90 Å². The van der Waals surface area contributed by atoms with Gasteiger partial charge in [-0.1, -0.05) is 127 Å². The highest BCUT2D eigenvalue weighted by atomic mass is 32.1. The minimum absolute atomic E-state index is 0.886. The summed E-state index contributed by atoms with van der Waals surface area (Å²) < 4.78 is 9.44. The summed E-state index contributed by atoms with van der Waals surface area (Å²) in [7, 11) is 0. The van der Waals surface area contributed by atoms with Gasteiger partial charge in [-0.25, -0.2) is 0 Å².